The van der Waals surface area contributed by atoms with E-state index >= 15 is 0 Å². The number of anilines is 1. The van der Waals surface area contributed by atoms with E-state index in [1.807, 2.05) is 6.92 Å². The van der Waals surface area contributed by atoms with Crippen LogP contribution in [0.5, 0.6) is 11.6 Å². The molecule has 1 aromatic heterocycles. The summed E-state index contributed by atoms with van der Waals surface area (Å²) in [5, 5.41) is 13.8. The van der Waals surface area contributed by atoms with Gasteiger partial charge in [-0.2, -0.15) is 10.1 Å². The second-order valence-corrected chi connectivity index (χ2v) is 8.37. The van der Waals surface area contributed by atoms with E-state index in [0.29, 0.717) is 21.9 Å². The number of phenols is 1. The summed E-state index contributed by atoms with van der Waals surface area (Å²) < 4.78 is 6.80. The van der Waals surface area contributed by atoms with Gasteiger partial charge in [-0.3, -0.25) is 4.79 Å². The van der Waals surface area contributed by atoms with Crippen LogP contribution in [0.1, 0.15) is 30.5 Å². The normalized spacial score (nSPS) is 14.2. The number of hydrazone groups is 1. The topological polar surface area (TPSA) is 99.9 Å². The summed E-state index contributed by atoms with van der Waals surface area (Å²) in [6.07, 6.45) is 4.82. The van der Waals surface area contributed by atoms with Gasteiger partial charge in [-0.25, -0.2) is 10.4 Å². The lowest BCUT2D eigenvalue weighted by molar-refractivity contribution is -0.123. The van der Waals surface area contributed by atoms with Crippen molar-refractivity contribution in [3.05, 3.63) is 38.4 Å². The Labute approximate surface area is 185 Å². The van der Waals surface area contributed by atoms with Gasteiger partial charge in [-0.1, -0.05) is 15.9 Å². The number of ether oxygens (including phenoxy) is 1. The molecule has 2 N–H and O–H groups in total. The molecule has 0 spiro atoms. The minimum atomic E-state index is -0.439. The SMILES string of the molecule is Cc1cc(OCC(=O)NN=Cc2cc(Br)cc(Br)c2O)nc(N2CCCCC2)n1. The van der Waals surface area contributed by atoms with Crippen molar-refractivity contribution in [2.75, 3.05) is 24.6 Å². The van der Waals surface area contributed by atoms with Crippen molar-refractivity contribution in [3.63, 3.8) is 0 Å². The first-order valence-corrected chi connectivity index (χ1v) is 10.7. The van der Waals surface area contributed by atoms with Gasteiger partial charge in [0, 0.05) is 34.9 Å². The first kappa shape index (κ1) is 21.5. The van der Waals surface area contributed by atoms with E-state index in [0.717, 1.165) is 36.1 Å². The molecule has 0 atom stereocenters. The summed E-state index contributed by atoms with van der Waals surface area (Å²) >= 11 is 6.58. The van der Waals surface area contributed by atoms with Crippen LogP contribution in [0.25, 0.3) is 0 Å². The summed E-state index contributed by atoms with van der Waals surface area (Å²) in [5.74, 6) is 0.578. The minimum absolute atomic E-state index is 0.0316. The van der Waals surface area contributed by atoms with Crippen molar-refractivity contribution in [1.82, 2.24) is 15.4 Å². The Morgan fingerprint density at radius 1 is 1.28 bits per heavy atom. The quantitative estimate of drug-likeness (QED) is 0.441. The maximum absolute atomic E-state index is 12.0. The van der Waals surface area contributed by atoms with Gasteiger partial charge in [0.05, 0.1) is 10.7 Å². The molecule has 0 saturated carbocycles. The smallest absolute Gasteiger partial charge is 0.278 e. The number of benzene rings is 1. The molecule has 29 heavy (non-hydrogen) atoms. The summed E-state index contributed by atoms with van der Waals surface area (Å²) in [7, 11) is 0. The molecule has 2 aromatic rings. The first-order valence-electron chi connectivity index (χ1n) is 9.16. The number of carbonyl (C=O) groups is 1. The molecule has 1 aromatic carbocycles. The molecule has 0 unspecified atom stereocenters. The number of aromatic nitrogens is 2. The molecule has 0 radical (unpaired) electrons. The molecular weight excluding hydrogens is 506 g/mol. The Bertz CT molecular complexity index is 917. The number of nitrogens with one attached hydrogen (secondary N) is 1. The third kappa shape index (κ3) is 6.14. The molecule has 8 nitrogen and oxygen atoms in total. The zero-order valence-corrected chi connectivity index (χ0v) is 19.0. The number of rotatable bonds is 6. The number of aromatic hydroxyl groups is 1. The molecule has 1 fully saturated rings. The maximum Gasteiger partial charge on any atom is 0.278 e. The fraction of sp³-hybridized carbons (Fsp3) is 0.368. The van der Waals surface area contributed by atoms with Crippen LogP contribution in [0.3, 0.4) is 0 Å². The highest BCUT2D eigenvalue weighted by molar-refractivity contribution is 9.11. The van der Waals surface area contributed by atoms with Crippen molar-refractivity contribution in [1.29, 1.82) is 0 Å². The summed E-state index contributed by atoms with van der Waals surface area (Å²) in [4.78, 5) is 23.0. The Morgan fingerprint density at radius 2 is 2.03 bits per heavy atom. The summed E-state index contributed by atoms with van der Waals surface area (Å²) in [5.41, 5.74) is 3.60. The van der Waals surface area contributed by atoms with Gasteiger partial charge in [-0.15, -0.1) is 0 Å². The fourth-order valence-corrected chi connectivity index (χ4v) is 4.12. The van der Waals surface area contributed by atoms with Gasteiger partial charge >= 0.3 is 0 Å². The van der Waals surface area contributed by atoms with Gasteiger partial charge in [0.1, 0.15) is 5.75 Å². The number of halogens is 2. The molecular formula is C19H21Br2N5O3. The zero-order valence-electron chi connectivity index (χ0n) is 15.9. The third-order valence-electron chi connectivity index (χ3n) is 4.26. The van der Waals surface area contributed by atoms with Gasteiger partial charge in [0.15, 0.2) is 6.61 Å². The monoisotopic (exact) mass is 525 g/mol. The van der Waals surface area contributed by atoms with Crippen molar-refractivity contribution >= 4 is 49.9 Å². The zero-order chi connectivity index (χ0) is 20.8. The van der Waals surface area contributed by atoms with E-state index in [1.165, 1.54) is 12.6 Å². The van der Waals surface area contributed by atoms with Crippen molar-refractivity contribution in [2.45, 2.75) is 26.2 Å². The molecule has 0 aliphatic carbocycles. The Balaban J connectivity index is 1.56. The third-order valence-corrected chi connectivity index (χ3v) is 5.32. The second kappa shape index (κ2) is 10.0. The lowest BCUT2D eigenvalue weighted by atomic mass is 10.1. The number of piperidine rings is 1. The van der Waals surface area contributed by atoms with Crippen LogP contribution in [0.4, 0.5) is 5.95 Å². The molecule has 154 valence electrons. The van der Waals surface area contributed by atoms with Crippen LogP contribution < -0.4 is 15.1 Å². The fourth-order valence-electron chi connectivity index (χ4n) is 2.86. The van der Waals surface area contributed by atoms with E-state index < -0.39 is 5.91 Å². The number of carbonyl (C=O) groups excluding carboxylic acids is 1. The highest BCUT2D eigenvalue weighted by Crippen LogP contribution is 2.30. The molecule has 1 aliphatic rings. The summed E-state index contributed by atoms with van der Waals surface area (Å²) in [6.45, 7) is 3.49. The maximum atomic E-state index is 12.0. The van der Waals surface area contributed by atoms with E-state index in [1.54, 1.807) is 18.2 Å². The lowest BCUT2D eigenvalue weighted by Gasteiger charge is -2.26. The number of amides is 1. The molecule has 1 amide bonds. The molecule has 1 saturated heterocycles. The standard InChI is InChI=1S/C19H21Br2N5O3/c1-12-7-17(24-19(23-12)26-5-3-2-4-6-26)29-11-16(27)25-22-10-13-8-14(20)9-15(21)18(13)28/h7-10,28H,2-6,11H2,1H3,(H,25,27). The minimum Gasteiger partial charge on any atom is -0.506 e. The van der Waals surface area contributed by atoms with E-state index in [-0.39, 0.29) is 12.4 Å². The predicted octanol–water partition coefficient (Wildman–Crippen LogP) is 3.54. The number of hydrogen-bond donors (Lipinski definition) is 2. The van der Waals surface area contributed by atoms with Gasteiger partial charge < -0.3 is 14.7 Å². The predicted molar refractivity (Wildman–Crippen MR) is 118 cm³/mol. The van der Waals surface area contributed by atoms with Crippen LogP contribution in [0, 0.1) is 6.92 Å². The average molecular weight is 527 g/mol. The first-order chi connectivity index (χ1) is 13.9. The van der Waals surface area contributed by atoms with Crippen molar-refractivity contribution < 1.29 is 14.6 Å². The van der Waals surface area contributed by atoms with Crippen molar-refractivity contribution in [3.8, 4) is 11.6 Å². The van der Waals surface area contributed by atoms with E-state index in [4.69, 9.17) is 4.74 Å². The average Bonchev–Trinajstić information content (AvgIpc) is 2.70. The molecule has 10 heteroatoms. The molecule has 2 heterocycles. The molecule has 0 bridgehead atoms. The Morgan fingerprint density at radius 3 is 2.79 bits per heavy atom. The molecule has 1 aliphatic heterocycles. The van der Waals surface area contributed by atoms with Crippen LogP contribution in [-0.2, 0) is 4.79 Å². The van der Waals surface area contributed by atoms with Gasteiger partial charge in [0.25, 0.3) is 5.91 Å². The van der Waals surface area contributed by atoms with Crippen LogP contribution >= 0.6 is 31.9 Å². The van der Waals surface area contributed by atoms with Gasteiger partial charge in [0.2, 0.25) is 11.8 Å². The number of hydrogen-bond acceptors (Lipinski definition) is 7. The van der Waals surface area contributed by atoms with E-state index in [9.17, 15) is 9.90 Å². The molecule has 3 rings (SSSR count). The van der Waals surface area contributed by atoms with Gasteiger partial charge in [-0.05, 0) is 54.2 Å². The Kier molecular flexibility index (Phi) is 7.43. The van der Waals surface area contributed by atoms with E-state index in [2.05, 4.69) is 57.3 Å². The Hall–Kier alpha value is -2.20. The number of nitrogens with zero attached hydrogens (tertiary/aromatic N) is 4. The van der Waals surface area contributed by atoms with Crippen LogP contribution in [0.2, 0.25) is 0 Å². The largest absolute Gasteiger partial charge is 0.506 e. The highest BCUT2D eigenvalue weighted by atomic mass is 79.9. The second-order valence-electron chi connectivity index (χ2n) is 6.60. The summed E-state index contributed by atoms with van der Waals surface area (Å²) in [6, 6.07) is 5.08. The van der Waals surface area contributed by atoms with Crippen LogP contribution in [-0.4, -0.2) is 46.9 Å². The van der Waals surface area contributed by atoms with Crippen LogP contribution in [0.15, 0.2) is 32.2 Å². The number of phenolic OH excluding ortho intramolecular Hbond substituents is 1. The highest BCUT2D eigenvalue weighted by Gasteiger charge is 2.15. The number of aryl methyl sites for hydroxylation is 1. The van der Waals surface area contributed by atoms with Crippen molar-refractivity contribution in [2.24, 2.45) is 5.10 Å². The lowest BCUT2D eigenvalue weighted by Crippen LogP contribution is -2.31.